The Hall–Kier alpha value is -1.12. The van der Waals surface area contributed by atoms with Crippen LogP contribution < -0.4 is 0 Å². The lowest BCUT2D eigenvalue weighted by Crippen LogP contribution is -2.03. The molecular weight excluding hydrogens is 176 g/mol. The van der Waals surface area contributed by atoms with Crippen LogP contribution in [0.25, 0.3) is 0 Å². The standard InChI is InChI=1S/C11H16N2O/c1-4-13-8-5-6-9(14)10(8)11(12-13)7(2)3/h7H,4-6H2,1-3H3. The van der Waals surface area contributed by atoms with E-state index >= 15 is 0 Å². The maximum atomic E-state index is 11.7. The zero-order chi connectivity index (χ0) is 10.3. The first-order valence-electron chi connectivity index (χ1n) is 5.28. The van der Waals surface area contributed by atoms with Crippen LogP contribution in [0.4, 0.5) is 0 Å². The van der Waals surface area contributed by atoms with Crippen molar-refractivity contribution in [1.82, 2.24) is 9.78 Å². The Labute approximate surface area is 84.1 Å². The van der Waals surface area contributed by atoms with Gasteiger partial charge in [-0.2, -0.15) is 5.10 Å². The molecule has 2 rings (SSSR count). The molecule has 0 radical (unpaired) electrons. The number of aromatic nitrogens is 2. The third-order valence-electron chi connectivity index (χ3n) is 2.80. The van der Waals surface area contributed by atoms with E-state index in [9.17, 15) is 4.79 Å². The van der Waals surface area contributed by atoms with Gasteiger partial charge in [0.1, 0.15) is 0 Å². The van der Waals surface area contributed by atoms with Gasteiger partial charge in [0.05, 0.1) is 11.3 Å². The van der Waals surface area contributed by atoms with Gasteiger partial charge in [0.15, 0.2) is 5.78 Å². The Bertz CT molecular complexity index is 377. The molecule has 1 heterocycles. The van der Waals surface area contributed by atoms with Crippen LogP contribution in [0, 0.1) is 0 Å². The van der Waals surface area contributed by atoms with Gasteiger partial charge >= 0.3 is 0 Å². The fourth-order valence-corrected chi connectivity index (χ4v) is 2.10. The van der Waals surface area contributed by atoms with Gasteiger partial charge in [-0.1, -0.05) is 13.8 Å². The number of carbonyl (C=O) groups excluding carboxylic acids is 1. The minimum Gasteiger partial charge on any atom is -0.294 e. The van der Waals surface area contributed by atoms with E-state index in [1.54, 1.807) is 0 Å². The normalized spacial score (nSPS) is 15.3. The van der Waals surface area contributed by atoms with Gasteiger partial charge < -0.3 is 0 Å². The number of carbonyl (C=O) groups is 1. The van der Waals surface area contributed by atoms with E-state index in [1.807, 2.05) is 4.68 Å². The van der Waals surface area contributed by atoms with Crippen LogP contribution in [-0.2, 0) is 13.0 Å². The van der Waals surface area contributed by atoms with Crippen LogP contribution in [0.5, 0.6) is 0 Å². The lowest BCUT2D eigenvalue weighted by atomic mass is 10.0. The summed E-state index contributed by atoms with van der Waals surface area (Å²) in [6, 6.07) is 0. The Morgan fingerprint density at radius 2 is 2.14 bits per heavy atom. The monoisotopic (exact) mass is 192 g/mol. The lowest BCUT2D eigenvalue weighted by molar-refractivity contribution is 0.0993. The molecular formula is C11H16N2O. The molecule has 0 fully saturated rings. The van der Waals surface area contributed by atoms with Crippen LogP contribution >= 0.6 is 0 Å². The molecule has 14 heavy (non-hydrogen) atoms. The van der Waals surface area contributed by atoms with Crippen LogP contribution in [0.2, 0.25) is 0 Å². The van der Waals surface area contributed by atoms with Crippen LogP contribution in [0.3, 0.4) is 0 Å². The number of rotatable bonds is 2. The lowest BCUT2D eigenvalue weighted by Gasteiger charge is -2.01. The predicted octanol–water partition coefficient (Wildman–Crippen LogP) is 2.16. The van der Waals surface area contributed by atoms with Crippen LogP contribution in [0.15, 0.2) is 0 Å². The Kier molecular flexibility index (Phi) is 2.17. The summed E-state index contributed by atoms with van der Waals surface area (Å²) < 4.78 is 1.98. The van der Waals surface area contributed by atoms with Crippen molar-refractivity contribution in [3.05, 3.63) is 17.0 Å². The Morgan fingerprint density at radius 3 is 2.71 bits per heavy atom. The highest BCUT2D eigenvalue weighted by molar-refractivity contribution is 6.01. The SMILES string of the molecule is CCn1nc(C(C)C)c2c1CCC2=O. The second-order valence-electron chi connectivity index (χ2n) is 4.10. The van der Waals surface area contributed by atoms with Gasteiger partial charge in [-0.05, 0) is 19.3 Å². The van der Waals surface area contributed by atoms with Crippen molar-refractivity contribution in [2.24, 2.45) is 0 Å². The van der Waals surface area contributed by atoms with Crippen LogP contribution in [-0.4, -0.2) is 15.6 Å². The molecule has 0 aromatic carbocycles. The van der Waals surface area contributed by atoms with Gasteiger partial charge in [0, 0.05) is 18.7 Å². The average molecular weight is 192 g/mol. The molecule has 0 saturated heterocycles. The maximum absolute atomic E-state index is 11.7. The zero-order valence-electron chi connectivity index (χ0n) is 9.00. The number of hydrogen-bond acceptors (Lipinski definition) is 2. The second kappa shape index (κ2) is 3.23. The van der Waals surface area contributed by atoms with E-state index in [2.05, 4.69) is 25.9 Å². The van der Waals surface area contributed by atoms with E-state index in [1.165, 1.54) is 0 Å². The van der Waals surface area contributed by atoms with Crippen molar-refractivity contribution in [3.8, 4) is 0 Å². The number of fused-ring (bicyclic) bond motifs is 1. The van der Waals surface area contributed by atoms with E-state index < -0.39 is 0 Å². The first kappa shape index (κ1) is 9.44. The van der Waals surface area contributed by atoms with E-state index in [0.717, 1.165) is 29.9 Å². The van der Waals surface area contributed by atoms with Crippen molar-refractivity contribution >= 4 is 5.78 Å². The quantitative estimate of drug-likeness (QED) is 0.719. The molecule has 1 aromatic heterocycles. The van der Waals surface area contributed by atoms with Gasteiger partial charge in [0.2, 0.25) is 0 Å². The number of Topliss-reactive ketones (excluding diaryl/α,β-unsaturated/α-hetero) is 1. The van der Waals surface area contributed by atoms with Crippen molar-refractivity contribution in [3.63, 3.8) is 0 Å². The molecule has 1 aliphatic rings. The topological polar surface area (TPSA) is 34.9 Å². The fraction of sp³-hybridized carbons (Fsp3) is 0.636. The summed E-state index contributed by atoms with van der Waals surface area (Å²) in [5.74, 6) is 0.627. The molecule has 0 atom stereocenters. The summed E-state index contributed by atoms with van der Waals surface area (Å²) in [5.41, 5.74) is 3.06. The summed E-state index contributed by atoms with van der Waals surface area (Å²) in [6.45, 7) is 7.12. The molecule has 1 aromatic rings. The molecule has 0 spiro atoms. The molecule has 0 unspecified atom stereocenters. The van der Waals surface area contributed by atoms with Crippen molar-refractivity contribution in [1.29, 1.82) is 0 Å². The Morgan fingerprint density at radius 1 is 1.43 bits per heavy atom. The number of ketones is 1. The molecule has 0 N–H and O–H groups in total. The highest BCUT2D eigenvalue weighted by Gasteiger charge is 2.29. The molecule has 3 heteroatoms. The van der Waals surface area contributed by atoms with Crippen LogP contribution in [0.1, 0.15) is 54.9 Å². The predicted molar refractivity (Wildman–Crippen MR) is 54.6 cm³/mol. The summed E-state index contributed by atoms with van der Waals surface area (Å²) >= 11 is 0. The largest absolute Gasteiger partial charge is 0.294 e. The van der Waals surface area contributed by atoms with Gasteiger partial charge in [0.25, 0.3) is 0 Å². The Balaban J connectivity index is 2.58. The minimum absolute atomic E-state index is 0.281. The van der Waals surface area contributed by atoms with Crippen molar-refractivity contribution in [2.45, 2.75) is 46.1 Å². The third-order valence-corrected chi connectivity index (χ3v) is 2.80. The molecule has 1 aliphatic carbocycles. The smallest absolute Gasteiger partial charge is 0.166 e. The summed E-state index contributed by atoms with van der Waals surface area (Å²) in [6.07, 6.45) is 1.55. The number of hydrogen-bond donors (Lipinski definition) is 0. The number of aryl methyl sites for hydroxylation is 1. The van der Waals surface area contributed by atoms with E-state index in [-0.39, 0.29) is 5.78 Å². The van der Waals surface area contributed by atoms with Crippen molar-refractivity contribution in [2.75, 3.05) is 0 Å². The fourth-order valence-electron chi connectivity index (χ4n) is 2.10. The zero-order valence-corrected chi connectivity index (χ0v) is 9.00. The summed E-state index contributed by atoms with van der Waals surface area (Å²) in [4.78, 5) is 11.7. The summed E-state index contributed by atoms with van der Waals surface area (Å²) in [7, 11) is 0. The minimum atomic E-state index is 0.281. The molecule has 3 nitrogen and oxygen atoms in total. The average Bonchev–Trinajstić information content (AvgIpc) is 2.66. The maximum Gasteiger partial charge on any atom is 0.166 e. The first-order valence-corrected chi connectivity index (χ1v) is 5.28. The van der Waals surface area contributed by atoms with E-state index in [4.69, 9.17) is 0 Å². The highest BCUT2D eigenvalue weighted by Crippen LogP contribution is 2.29. The first-order chi connectivity index (χ1) is 6.65. The second-order valence-corrected chi connectivity index (χ2v) is 4.10. The molecule has 0 bridgehead atoms. The summed E-state index contributed by atoms with van der Waals surface area (Å²) in [5, 5.41) is 4.50. The third kappa shape index (κ3) is 1.19. The molecule has 0 amide bonds. The molecule has 0 aliphatic heterocycles. The van der Waals surface area contributed by atoms with Gasteiger partial charge in [-0.15, -0.1) is 0 Å². The molecule has 0 saturated carbocycles. The van der Waals surface area contributed by atoms with Gasteiger partial charge in [-0.25, -0.2) is 0 Å². The van der Waals surface area contributed by atoms with E-state index in [0.29, 0.717) is 12.3 Å². The number of nitrogens with zero attached hydrogens (tertiary/aromatic N) is 2. The van der Waals surface area contributed by atoms with Crippen molar-refractivity contribution < 1.29 is 4.79 Å². The van der Waals surface area contributed by atoms with Gasteiger partial charge in [-0.3, -0.25) is 9.48 Å². The highest BCUT2D eigenvalue weighted by atomic mass is 16.1. The molecule has 76 valence electrons.